The zero-order valence-corrected chi connectivity index (χ0v) is 13.8. The van der Waals surface area contributed by atoms with Gasteiger partial charge in [-0.3, -0.25) is 0 Å². The summed E-state index contributed by atoms with van der Waals surface area (Å²) in [6.45, 7) is 0.972. The molecule has 1 aliphatic rings. The number of benzene rings is 1. The molecular weight excluding hydrogens is 292 g/mol. The first-order chi connectivity index (χ1) is 11.3. The van der Waals surface area contributed by atoms with E-state index in [9.17, 15) is 0 Å². The van der Waals surface area contributed by atoms with Crippen molar-refractivity contribution in [3.63, 3.8) is 0 Å². The van der Waals surface area contributed by atoms with Crippen LogP contribution in [0, 0.1) is 0 Å². The number of methoxy groups -OCH3 is 3. The number of rotatable bonds is 5. The molecule has 1 aromatic heterocycles. The molecule has 3 rings (SSSR count). The molecule has 1 atom stereocenters. The molecule has 5 nitrogen and oxygen atoms in total. The monoisotopic (exact) mass is 314 g/mol. The van der Waals surface area contributed by atoms with Gasteiger partial charge < -0.3 is 19.1 Å². The predicted octanol–water partition coefficient (Wildman–Crippen LogP) is 3.45. The van der Waals surface area contributed by atoms with Crippen molar-refractivity contribution in [2.45, 2.75) is 18.9 Å². The maximum absolute atomic E-state index is 5.58. The van der Waals surface area contributed by atoms with E-state index in [1.54, 1.807) is 27.5 Å². The molecule has 0 saturated carbocycles. The van der Waals surface area contributed by atoms with Gasteiger partial charge in [-0.05, 0) is 31.0 Å². The number of hydrogen-bond donors (Lipinski definition) is 0. The Morgan fingerprint density at radius 2 is 1.78 bits per heavy atom. The highest BCUT2D eigenvalue weighted by Crippen LogP contribution is 2.40. The van der Waals surface area contributed by atoms with Crippen LogP contribution in [0.4, 0.5) is 5.82 Å². The Morgan fingerprint density at radius 1 is 1.00 bits per heavy atom. The van der Waals surface area contributed by atoms with Crippen LogP contribution in [0.25, 0.3) is 0 Å². The Bertz CT molecular complexity index is 675. The first-order valence-electron chi connectivity index (χ1n) is 7.75. The molecule has 5 heteroatoms. The molecule has 0 spiro atoms. The van der Waals surface area contributed by atoms with Gasteiger partial charge in [0.25, 0.3) is 0 Å². The molecule has 0 N–H and O–H groups in total. The van der Waals surface area contributed by atoms with E-state index in [0.717, 1.165) is 48.0 Å². The third-order valence-corrected chi connectivity index (χ3v) is 4.30. The van der Waals surface area contributed by atoms with Gasteiger partial charge >= 0.3 is 0 Å². The fraction of sp³-hybridized carbons (Fsp3) is 0.389. The van der Waals surface area contributed by atoms with Gasteiger partial charge in [-0.25, -0.2) is 4.98 Å². The standard InChI is InChI=1S/C18H22N2O3/c1-21-13-6-7-15(17(11-13)23-3)16-5-4-10-20(16)18-12-14(22-2)8-9-19-18/h6-9,11-12,16H,4-5,10H2,1-3H3. The molecule has 0 bridgehead atoms. The summed E-state index contributed by atoms with van der Waals surface area (Å²) < 4.78 is 16.2. The summed E-state index contributed by atoms with van der Waals surface area (Å²) in [5, 5.41) is 0. The van der Waals surface area contributed by atoms with Crippen molar-refractivity contribution in [3.8, 4) is 17.2 Å². The molecule has 1 saturated heterocycles. The minimum atomic E-state index is 0.246. The second-order valence-corrected chi connectivity index (χ2v) is 5.51. The van der Waals surface area contributed by atoms with Gasteiger partial charge in [0.1, 0.15) is 23.1 Å². The highest BCUT2D eigenvalue weighted by molar-refractivity contribution is 5.51. The number of ether oxygens (including phenoxy) is 3. The summed E-state index contributed by atoms with van der Waals surface area (Å²) in [7, 11) is 5.03. The fourth-order valence-corrected chi connectivity index (χ4v) is 3.14. The lowest BCUT2D eigenvalue weighted by Crippen LogP contribution is -2.23. The molecular formula is C18H22N2O3. The number of aromatic nitrogens is 1. The lowest BCUT2D eigenvalue weighted by Gasteiger charge is -2.27. The molecule has 0 amide bonds. The molecule has 122 valence electrons. The normalized spacial score (nSPS) is 17.2. The molecule has 1 fully saturated rings. The molecule has 2 aromatic rings. The number of pyridine rings is 1. The second-order valence-electron chi connectivity index (χ2n) is 5.51. The van der Waals surface area contributed by atoms with Crippen molar-refractivity contribution in [1.82, 2.24) is 4.98 Å². The van der Waals surface area contributed by atoms with Crippen molar-refractivity contribution in [3.05, 3.63) is 42.1 Å². The predicted molar refractivity (Wildman–Crippen MR) is 89.7 cm³/mol. The van der Waals surface area contributed by atoms with Crippen LogP contribution < -0.4 is 19.1 Å². The highest BCUT2D eigenvalue weighted by Gasteiger charge is 2.29. The largest absolute Gasteiger partial charge is 0.497 e. The van der Waals surface area contributed by atoms with Crippen LogP contribution >= 0.6 is 0 Å². The Hall–Kier alpha value is -2.43. The van der Waals surface area contributed by atoms with E-state index >= 15 is 0 Å². The topological polar surface area (TPSA) is 43.8 Å². The third kappa shape index (κ3) is 3.04. The van der Waals surface area contributed by atoms with Crippen LogP contribution in [-0.4, -0.2) is 32.9 Å². The Balaban J connectivity index is 1.95. The first kappa shape index (κ1) is 15.5. The van der Waals surface area contributed by atoms with Crippen molar-refractivity contribution in [2.24, 2.45) is 0 Å². The maximum Gasteiger partial charge on any atom is 0.132 e. The Morgan fingerprint density at radius 3 is 2.52 bits per heavy atom. The lowest BCUT2D eigenvalue weighted by atomic mass is 10.0. The van der Waals surface area contributed by atoms with Gasteiger partial charge in [0.15, 0.2) is 0 Å². The van der Waals surface area contributed by atoms with E-state index in [2.05, 4.69) is 16.0 Å². The first-order valence-corrected chi connectivity index (χ1v) is 7.75. The molecule has 1 unspecified atom stereocenters. The van der Waals surface area contributed by atoms with Gasteiger partial charge in [0, 0.05) is 30.4 Å². The van der Waals surface area contributed by atoms with Crippen LogP contribution in [0.2, 0.25) is 0 Å². The van der Waals surface area contributed by atoms with Gasteiger partial charge in [-0.15, -0.1) is 0 Å². The van der Waals surface area contributed by atoms with Crippen LogP contribution in [0.15, 0.2) is 36.5 Å². The molecule has 2 heterocycles. The van der Waals surface area contributed by atoms with Crippen LogP contribution in [0.5, 0.6) is 17.2 Å². The Kier molecular flexibility index (Phi) is 4.55. The minimum absolute atomic E-state index is 0.246. The summed E-state index contributed by atoms with van der Waals surface area (Å²) in [4.78, 5) is 6.83. The van der Waals surface area contributed by atoms with E-state index in [1.165, 1.54) is 0 Å². The maximum atomic E-state index is 5.58. The second kappa shape index (κ2) is 6.77. The van der Waals surface area contributed by atoms with Gasteiger partial charge in [-0.2, -0.15) is 0 Å². The molecule has 0 radical (unpaired) electrons. The SMILES string of the molecule is COc1ccnc(N2CCCC2c2ccc(OC)cc2OC)c1. The lowest BCUT2D eigenvalue weighted by molar-refractivity contribution is 0.388. The average molecular weight is 314 g/mol. The fourth-order valence-electron chi connectivity index (χ4n) is 3.14. The summed E-state index contributed by atoms with van der Waals surface area (Å²) in [5.41, 5.74) is 1.16. The van der Waals surface area contributed by atoms with Gasteiger partial charge in [-0.1, -0.05) is 0 Å². The van der Waals surface area contributed by atoms with E-state index in [1.807, 2.05) is 24.3 Å². The van der Waals surface area contributed by atoms with Gasteiger partial charge in [0.2, 0.25) is 0 Å². The number of anilines is 1. The van der Waals surface area contributed by atoms with Crippen LogP contribution in [0.3, 0.4) is 0 Å². The quantitative estimate of drug-likeness (QED) is 0.846. The number of nitrogens with zero attached hydrogens (tertiary/aromatic N) is 2. The van der Waals surface area contributed by atoms with E-state index in [0.29, 0.717) is 0 Å². The van der Waals surface area contributed by atoms with E-state index in [-0.39, 0.29) is 6.04 Å². The van der Waals surface area contributed by atoms with Crippen molar-refractivity contribution < 1.29 is 14.2 Å². The highest BCUT2D eigenvalue weighted by atomic mass is 16.5. The van der Waals surface area contributed by atoms with Crippen LogP contribution in [-0.2, 0) is 0 Å². The summed E-state index contributed by atoms with van der Waals surface area (Å²) in [5.74, 6) is 3.41. The molecule has 23 heavy (non-hydrogen) atoms. The van der Waals surface area contributed by atoms with Gasteiger partial charge in [0.05, 0.1) is 27.4 Å². The zero-order valence-electron chi connectivity index (χ0n) is 13.8. The zero-order chi connectivity index (χ0) is 16.2. The molecule has 1 aliphatic heterocycles. The molecule has 1 aromatic carbocycles. The van der Waals surface area contributed by atoms with Crippen molar-refractivity contribution in [1.29, 1.82) is 0 Å². The summed E-state index contributed by atoms with van der Waals surface area (Å²) in [6, 6.07) is 10.1. The van der Waals surface area contributed by atoms with Crippen molar-refractivity contribution >= 4 is 5.82 Å². The average Bonchev–Trinajstić information content (AvgIpc) is 3.10. The smallest absolute Gasteiger partial charge is 0.132 e. The van der Waals surface area contributed by atoms with Crippen LogP contribution in [0.1, 0.15) is 24.4 Å². The number of hydrogen-bond acceptors (Lipinski definition) is 5. The van der Waals surface area contributed by atoms with E-state index in [4.69, 9.17) is 14.2 Å². The third-order valence-electron chi connectivity index (χ3n) is 4.30. The Labute approximate surface area is 136 Å². The minimum Gasteiger partial charge on any atom is -0.497 e. The molecule has 0 aliphatic carbocycles. The summed E-state index contributed by atoms with van der Waals surface area (Å²) >= 11 is 0. The van der Waals surface area contributed by atoms with Crippen molar-refractivity contribution in [2.75, 3.05) is 32.8 Å². The summed E-state index contributed by atoms with van der Waals surface area (Å²) in [6.07, 6.45) is 3.98. The van der Waals surface area contributed by atoms with E-state index < -0.39 is 0 Å².